The van der Waals surface area contributed by atoms with Crippen molar-refractivity contribution in [2.24, 2.45) is 5.92 Å². The Morgan fingerprint density at radius 1 is 0.833 bits per heavy atom. The molecule has 0 radical (unpaired) electrons. The first-order chi connectivity index (χ1) is 17.5. The van der Waals surface area contributed by atoms with Gasteiger partial charge in [0, 0.05) is 48.8 Å². The normalized spacial score (nSPS) is 22.7. The van der Waals surface area contributed by atoms with Crippen LogP contribution in [0.15, 0.2) is 78.9 Å². The van der Waals surface area contributed by atoms with Crippen LogP contribution in [0.5, 0.6) is 0 Å². The van der Waals surface area contributed by atoms with Crippen LogP contribution in [0.2, 0.25) is 0 Å². The molecule has 0 bridgehead atoms. The van der Waals surface area contributed by atoms with Gasteiger partial charge in [0.15, 0.2) is 0 Å². The molecule has 0 unspecified atom stereocenters. The minimum atomic E-state index is -0.379. The van der Waals surface area contributed by atoms with E-state index in [1.165, 1.54) is 36.2 Å². The van der Waals surface area contributed by atoms with Gasteiger partial charge in [0.25, 0.3) is 0 Å². The van der Waals surface area contributed by atoms with Crippen LogP contribution >= 0.6 is 0 Å². The van der Waals surface area contributed by atoms with Gasteiger partial charge < -0.3 is 15.5 Å². The molecule has 5 rings (SSSR count). The number of piperazine rings is 1. The summed E-state index contributed by atoms with van der Waals surface area (Å²) in [5.41, 5.74) is 3.72. The van der Waals surface area contributed by atoms with Gasteiger partial charge in [-0.3, -0.25) is 4.90 Å². The molecule has 36 heavy (non-hydrogen) atoms. The summed E-state index contributed by atoms with van der Waals surface area (Å²) in [7, 11) is 0. The van der Waals surface area contributed by atoms with Crippen LogP contribution in [0.1, 0.15) is 38.2 Å². The largest absolute Gasteiger partial charge is 0.369 e. The van der Waals surface area contributed by atoms with E-state index in [0.29, 0.717) is 5.69 Å². The monoisotopic (exact) mass is 486 g/mol. The molecule has 188 valence electrons. The average molecular weight is 487 g/mol. The Hall–Kier alpha value is -3.38. The molecular formula is C30H35FN4O. The van der Waals surface area contributed by atoms with Gasteiger partial charge in [0.2, 0.25) is 0 Å². The van der Waals surface area contributed by atoms with Gasteiger partial charge in [-0.25, -0.2) is 9.18 Å². The molecule has 5 nitrogen and oxygen atoms in total. The average Bonchev–Trinajstić information content (AvgIpc) is 2.90. The fourth-order valence-corrected chi connectivity index (χ4v) is 5.80. The Bertz CT molecular complexity index is 1170. The maximum Gasteiger partial charge on any atom is 0.323 e. The second-order valence-corrected chi connectivity index (χ2v) is 10.2. The van der Waals surface area contributed by atoms with Gasteiger partial charge in [-0.2, -0.15) is 0 Å². The Balaban J connectivity index is 1.33. The van der Waals surface area contributed by atoms with Crippen molar-refractivity contribution in [2.75, 3.05) is 41.7 Å². The summed E-state index contributed by atoms with van der Waals surface area (Å²) in [4.78, 5) is 17.8. The second-order valence-electron chi connectivity index (χ2n) is 10.2. The number of para-hydroxylation sites is 1. The van der Waals surface area contributed by atoms with Crippen LogP contribution in [0, 0.1) is 11.7 Å². The zero-order chi connectivity index (χ0) is 25.0. The van der Waals surface area contributed by atoms with Crippen molar-refractivity contribution in [3.8, 4) is 0 Å². The van der Waals surface area contributed by atoms with Crippen molar-refractivity contribution in [1.82, 2.24) is 4.90 Å². The third kappa shape index (κ3) is 5.39. The summed E-state index contributed by atoms with van der Waals surface area (Å²) in [5, 5.41) is 5.67. The molecule has 3 aromatic rings. The molecule has 1 saturated heterocycles. The predicted octanol–water partition coefficient (Wildman–Crippen LogP) is 6.70. The van der Waals surface area contributed by atoms with Gasteiger partial charge in [-0.05, 0) is 79.6 Å². The summed E-state index contributed by atoms with van der Waals surface area (Å²) >= 11 is 0. The molecule has 1 saturated carbocycles. The number of hydrogen-bond acceptors (Lipinski definition) is 3. The van der Waals surface area contributed by atoms with Crippen molar-refractivity contribution >= 4 is 23.1 Å². The van der Waals surface area contributed by atoms with Gasteiger partial charge in [0.1, 0.15) is 5.82 Å². The van der Waals surface area contributed by atoms with Gasteiger partial charge in [-0.15, -0.1) is 0 Å². The van der Waals surface area contributed by atoms with E-state index in [0.717, 1.165) is 50.6 Å². The number of halogens is 1. The van der Waals surface area contributed by atoms with Crippen molar-refractivity contribution in [2.45, 2.75) is 38.1 Å². The smallest absolute Gasteiger partial charge is 0.323 e. The number of nitrogens with zero attached hydrogens (tertiary/aromatic N) is 2. The van der Waals surface area contributed by atoms with Gasteiger partial charge in [-0.1, -0.05) is 43.3 Å². The number of amides is 2. The first-order valence-electron chi connectivity index (χ1n) is 13.0. The highest BCUT2D eigenvalue weighted by Gasteiger charge is 2.42. The maximum atomic E-state index is 13.5. The molecule has 2 aliphatic rings. The summed E-state index contributed by atoms with van der Waals surface area (Å²) in [6.07, 6.45) is 4.66. The molecule has 2 fully saturated rings. The highest BCUT2D eigenvalue weighted by Crippen LogP contribution is 2.45. The summed E-state index contributed by atoms with van der Waals surface area (Å²) in [5.74, 6) is 0.359. The van der Waals surface area contributed by atoms with E-state index in [1.807, 2.05) is 12.1 Å². The van der Waals surface area contributed by atoms with E-state index in [4.69, 9.17) is 0 Å². The molecule has 1 aliphatic carbocycles. The van der Waals surface area contributed by atoms with Crippen molar-refractivity contribution < 1.29 is 9.18 Å². The molecule has 1 aliphatic heterocycles. The predicted molar refractivity (Wildman–Crippen MR) is 145 cm³/mol. The molecule has 3 aromatic carbocycles. The Morgan fingerprint density at radius 3 is 2.14 bits per heavy atom. The number of benzene rings is 3. The summed E-state index contributed by atoms with van der Waals surface area (Å²) in [6.45, 7) is 6.40. The lowest BCUT2D eigenvalue weighted by atomic mass is 9.71. The number of carbonyl (C=O) groups is 1. The van der Waals surface area contributed by atoms with E-state index >= 15 is 0 Å². The van der Waals surface area contributed by atoms with Crippen LogP contribution < -0.4 is 15.5 Å². The van der Waals surface area contributed by atoms with Crippen molar-refractivity contribution in [3.63, 3.8) is 0 Å². The van der Waals surface area contributed by atoms with Crippen LogP contribution in [-0.4, -0.2) is 37.1 Å². The highest BCUT2D eigenvalue weighted by atomic mass is 19.1. The third-order valence-electron chi connectivity index (χ3n) is 7.85. The minimum absolute atomic E-state index is 0.0218. The molecule has 0 atom stereocenters. The summed E-state index contributed by atoms with van der Waals surface area (Å²) < 4.78 is 13.5. The molecule has 0 spiro atoms. The van der Waals surface area contributed by atoms with Crippen LogP contribution in [-0.2, 0) is 5.54 Å². The standard InChI is InChI=1S/C30H35FN4O/c1-23-13-15-30(16-14-23,35-19-17-34(18-20-35)28-11-3-2-4-12-28)24-7-5-9-26(21-24)32-29(36)33-27-10-6-8-25(31)22-27/h2-12,21-23H,13-20H2,1H3,(H2,32,33,36). The quantitative estimate of drug-likeness (QED) is 0.422. The van der Waals surface area contributed by atoms with E-state index in [9.17, 15) is 9.18 Å². The van der Waals surface area contributed by atoms with Crippen LogP contribution in [0.25, 0.3) is 0 Å². The van der Waals surface area contributed by atoms with E-state index in [-0.39, 0.29) is 17.4 Å². The first kappa shape index (κ1) is 24.3. The van der Waals surface area contributed by atoms with Crippen LogP contribution in [0.4, 0.5) is 26.2 Å². The number of anilines is 3. The van der Waals surface area contributed by atoms with Gasteiger partial charge >= 0.3 is 6.03 Å². The van der Waals surface area contributed by atoms with Crippen molar-refractivity contribution in [3.05, 3.63) is 90.2 Å². The zero-order valence-electron chi connectivity index (χ0n) is 20.9. The molecule has 0 aromatic heterocycles. The third-order valence-corrected chi connectivity index (χ3v) is 7.85. The second kappa shape index (κ2) is 10.7. The number of rotatable bonds is 5. The van der Waals surface area contributed by atoms with Crippen LogP contribution in [0.3, 0.4) is 0 Å². The SMILES string of the molecule is CC1CCC(c2cccc(NC(=O)Nc3cccc(F)c3)c2)(N2CCN(c3ccccc3)CC2)CC1. The molecule has 2 N–H and O–H groups in total. The molecular weight excluding hydrogens is 451 g/mol. The maximum absolute atomic E-state index is 13.5. The zero-order valence-corrected chi connectivity index (χ0v) is 20.9. The Kier molecular flexibility index (Phi) is 7.23. The number of nitrogens with one attached hydrogen (secondary N) is 2. The lowest BCUT2D eigenvalue weighted by Gasteiger charge is -2.51. The van der Waals surface area contributed by atoms with Gasteiger partial charge in [0.05, 0.1) is 0 Å². The van der Waals surface area contributed by atoms with E-state index in [2.05, 4.69) is 69.8 Å². The molecule has 1 heterocycles. The fourth-order valence-electron chi connectivity index (χ4n) is 5.80. The lowest BCUT2D eigenvalue weighted by molar-refractivity contribution is 0.0299. The van der Waals surface area contributed by atoms with E-state index in [1.54, 1.807) is 12.1 Å². The Labute approximate surface area is 213 Å². The topological polar surface area (TPSA) is 47.6 Å². The number of hydrogen-bond donors (Lipinski definition) is 2. The summed E-state index contributed by atoms with van der Waals surface area (Å²) in [6, 6.07) is 24.5. The number of carbonyl (C=O) groups excluding carboxylic acids is 1. The molecule has 6 heteroatoms. The fraction of sp³-hybridized carbons (Fsp3) is 0.367. The first-order valence-corrected chi connectivity index (χ1v) is 13.0. The van der Waals surface area contributed by atoms with E-state index < -0.39 is 0 Å². The highest BCUT2D eigenvalue weighted by molar-refractivity contribution is 5.99. The van der Waals surface area contributed by atoms with Crippen molar-refractivity contribution in [1.29, 1.82) is 0 Å². The number of urea groups is 1. The lowest BCUT2D eigenvalue weighted by Crippen LogP contribution is -2.56. The molecule has 2 amide bonds. The minimum Gasteiger partial charge on any atom is -0.369 e. The Morgan fingerprint density at radius 2 is 1.47 bits per heavy atom.